The van der Waals surface area contributed by atoms with Crippen LogP contribution in [-0.4, -0.2) is 23.3 Å². The summed E-state index contributed by atoms with van der Waals surface area (Å²) in [6.45, 7) is 1.15. The highest BCUT2D eigenvalue weighted by Gasteiger charge is 2.06. The number of nitrogens with one attached hydrogen (secondary N) is 1. The van der Waals surface area contributed by atoms with Crippen molar-refractivity contribution >= 4 is 0 Å². The van der Waals surface area contributed by atoms with E-state index in [1.807, 2.05) is 12.1 Å². The van der Waals surface area contributed by atoms with E-state index >= 15 is 0 Å². The summed E-state index contributed by atoms with van der Waals surface area (Å²) in [7, 11) is 0. The SMILES string of the molecule is Oc1ccc(CCNCC(O)c2ccc(F)cc2)cc1. The lowest BCUT2D eigenvalue weighted by molar-refractivity contribution is 0.175. The molecule has 1 atom stereocenters. The Morgan fingerprint density at radius 3 is 2.30 bits per heavy atom. The third-order valence-electron chi connectivity index (χ3n) is 3.12. The van der Waals surface area contributed by atoms with Crippen molar-refractivity contribution in [2.45, 2.75) is 12.5 Å². The predicted molar refractivity (Wildman–Crippen MR) is 76.0 cm³/mol. The number of hydrogen-bond acceptors (Lipinski definition) is 3. The normalized spacial score (nSPS) is 12.3. The molecular weight excluding hydrogens is 257 g/mol. The number of halogens is 1. The van der Waals surface area contributed by atoms with E-state index in [-0.39, 0.29) is 11.6 Å². The van der Waals surface area contributed by atoms with Gasteiger partial charge in [0.15, 0.2) is 0 Å². The zero-order valence-electron chi connectivity index (χ0n) is 11.1. The molecule has 0 radical (unpaired) electrons. The lowest BCUT2D eigenvalue weighted by Gasteiger charge is -2.12. The largest absolute Gasteiger partial charge is 0.508 e. The second-order valence-corrected chi connectivity index (χ2v) is 4.69. The minimum Gasteiger partial charge on any atom is -0.508 e. The maximum Gasteiger partial charge on any atom is 0.123 e. The van der Waals surface area contributed by atoms with E-state index < -0.39 is 6.10 Å². The van der Waals surface area contributed by atoms with Gasteiger partial charge in [-0.15, -0.1) is 0 Å². The zero-order valence-corrected chi connectivity index (χ0v) is 11.1. The standard InChI is InChI=1S/C16H18FNO2/c17-14-5-3-13(4-6-14)16(20)11-18-10-9-12-1-7-15(19)8-2-12/h1-8,16,18-20H,9-11H2. The molecule has 2 aromatic carbocycles. The van der Waals surface area contributed by atoms with Gasteiger partial charge < -0.3 is 15.5 Å². The van der Waals surface area contributed by atoms with Gasteiger partial charge in [0.2, 0.25) is 0 Å². The molecule has 0 aliphatic carbocycles. The van der Waals surface area contributed by atoms with Crippen molar-refractivity contribution in [1.82, 2.24) is 5.32 Å². The van der Waals surface area contributed by atoms with E-state index in [0.717, 1.165) is 18.5 Å². The Hall–Kier alpha value is -1.91. The van der Waals surface area contributed by atoms with Crippen LogP contribution in [0.3, 0.4) is 0 Å². The first-order valence-electron chi connectivity index (χ1n) is 6.57. The molecule has 2 aromatic rings. The van der Waals surface area contributed by atoms with Crippen molar-refractivity contribution in [2.24, 2.45) is 0 Å². The van der Waals surface area contributed by atoms with E-state index in [9.17, 15) is 14.6 Å². The van der Waals surface area contributed by atoms with Gasteiger partial charge in [-0.05, 0) is 48.4 Å². The summed E-state index contributed by atoms with van der Waals surface area (Å²) in [5.41, 5.74) is 1.81. The molecule has 20 heavy (non-hydrogen) atoms. The number of hydrogen-bond donors (Lipinski definition) is 3. The molecule has 0 aliphatic rings. The van der Waals surface area contributed by atoms with Gasteiger partial charge >= 0.3 is 0 Å². The highest BCUT2D eigenvalue weighted by Crippen LogP contribution is 2.12. The summed E-state index contributed by atoms with van der Waals surface area (Å²) in [4.78, 5) is 0. The number of rotatable bonds is 6. The third-order valence-corrected chi connectivity index (χ3v) is 3.12. The molecule has 3 nitrogen and oxygen atoms in total. The van der Waals surface area contributed by atoms with Crippen LogP contribution in [0.2, 0.25) is 0 Å². The Morgan fingerprint density at radius 1 is 1.00 bits per heavy atom. The number of aliphatic hydroxyl groups excluding tert-OH is 1. The predicted octanol–water partition coefficient (Wildman–Crippen LogP) is 2.40. The molecule has 0 saturated carbocycles. The highest BCUT2D eigenvalue weighted by molar-refractivity contribution is 5.26. The van der Waals surface area contributed by atoms with Crippen LogP contribution in [0.5, 0.6) is 5.75 Å². The number of aromatic hydroxyl groups is 1. The second kappa shape index (κ2) is 7.03. The van der Waals surface area contributed by atoms with E-state index in [1.54, 1.807) is 24.3 Å². The van der Waals surface area contributed by atoms with Crippen LogP contribution in [0.25, 0.3) is 0 Å². The minimum atomic E-state index is -0.643. The van der Waals surface area contributed by atoms with Gasteiger partial charge in [-0.1, -0.05) is 24.3 Å². The quantitative estimate of drug-likeness (QED) is 0.710. The molecule has 1 unspecified atom stereocenters. The van der Waals surface area contributed by atoms with E-state index in [2.05, 4.69) is 5.32 Å². The Bertz CT molecular complexity index is 525. The van der Waals surface area contributed by atoms with Crippen molar-refractivity contribution in [3.05, 3.63) is 65.5 Å². The van der Waals surface area contributed by atoms with Gasteiger partial charge in [-0.3, -0.25) is 0 Å². The highest BCUT2D eigenvalue weighted by atomic mass is 19.1. The summed E-state index contributed by atoms with van der Waals surface area (Å²) in [5.74, 6) is -0.0466. The first-order valence-corrected chi connectivity index (χ1v) is 6.57. The number of aliphatic hydroxyl groups is 1. The van der Waals surface area contributed by atoms with Crippen molar-refractivity contribution in [3.63, 3.8) is 0 Å². The summed E-state index contributed by atoms with van der Waals surface area (Å²) in [6, 6.07) is 12.9. The Labute approximate surface area is 117 Å². The van der Waals surface area contributed by atoms with Crippen LogP contribution >= 0.6 is 0 Å². The van der Waals surface area contributed by atoms with E-state index in [1.165, 1.54) is 12.1 Å². The molecule has 0 saturated heterocycles. The van der Waals surface area contributed by atoms with Crippen LogP contribution < -0.4 is 5.32 Å². The van der Waals surface area contributed by atoms with Crippen LogP contribution in [0, 0.1) is 5.82 Å². The smallest absolute Gasteiger partial charge is 0.123 e. The molecule has 3 N–H and O–H groups in total. The third kappa shape index (κ3) is 4.33. The van der Waals surface area contributed by atoms with Crippen LogP contribution in [0.4, 0.5) is 4.39 Å². The first-order chi connectivity index (χ1) is 9.65. The van der Waals surface area contributed by atoms with Crippen LogP contribution in [0.1, 0.15) is 17.2 Å². The zero-order chi connectivity index (χ0) is 14.4. The molecular formula is C16H18FNO2. The van der Waals surface area contributed by atoms with Gasteiger partial charge in [-0.2, -0.15) is 0 Å². The fourth-order valence-corrected chi connectivity index (χ4v) is 1.94. The maximum atomic E-state index is 12.8. The van der Waals surface area contributed by atoms with Crippen molar-refractivity contribution < 1.29 is 14.6 Å². The lowest BCUT2D eigenvalue weighted by Crippen LogP contribution is -2.23. The summed E-state index contributed by atoms with van der Waals surface area (Å²) < 4.78 is 12.8. The molecule has 0 aromatic heterocycles. The molecule has 4 heteroatoms. The minimum absolute atomic E-state index is 0.258. The van der Waals surface area contributed by atoms with E-state index in [0.29, 0.717) is 12.1 Å². The lowest BCUT2D eigenvalue weighted by atomic mass is 10.1. The molecule has 2 rings (SSSR count). The van der Waals surface area contributed by atoms with Crippen molar-refractivity contribution in [2.75, 3.05) is 13.1 Å². The van der Waals surface area contributed by atoms with Gasteiger partial charge in [0.1, 0.15) is 11.6 Å². The van der Waals surface area contributed by atoms with Crippen LogP contribution in [0.15, 0.2) is 48.5 Å². The summed E-state index contributed by atoms with van der Waals surface area (Å²) >= 11 is 0. The number of benzene rings is 2. The molecule has 0 amide bonds. The average molecular weight is 275 g/mol. The molecule has 0 spiro atoms. The van der Waals surface area contributed by atoms with Gasteiger partial charge in [-0.25, -0.2) is 4.39 Å². The maximum absolute atomic E-state index is 12.8. The fourth-order valence-electron chi connectivity index (χ4n) is 1.94. The first kappa shape index (κ1) is 14.5. The Balaban J connectivity index is 1.72. The monoisotopic (exact) mass is 275 g/mol. The molecule has 0 fully saturated rings. The molecule has 106 valence electrons. The summed E-state index contributed by atoms with van der Waals surface area (Å²) in [5, 5.41) is 22.3. The number of phenols is 1. The number of phenolic OH excluding ortho intramolecular Hbond substituents is 1. The summed E-state index contributed by atoms with van der Waals surface area (Å²) in [6.07, 6.45) is 0.173. The Kier molecular flexibility index (Phi) is 5.09. The average Bonchev–Trinajstić information content (AvgIpc) is 2.46. The van der Waals surface area contributed by atoms with Crippen molar-refractivity contribution in [3.8, 4) is 5.75 Å². The Morgan fingerprint density at radius 2 is 1.65 bits per heavy atom. The molecule has 0 aliphatic heterocycles. The van der Waals surface area contributed by atoms with Crippen LogP contribution in [-0.2, 0) is 6.42 Å². The fraction of sp³-hybridized carbons (Fsp3) is 0.250. The van der Waals surface area contributed by atoms with Crippen molar-refractivity contribution in [1.29, 1.82) is 0 Å². The second-order valence-electron chi connectivity index (χ2n) is 4.69. The molecule has 0 heterocycles. The topological polar surface area (TPSA) is 52.5 Å². The van der Waals surface area contributed by atoms with Gasteiger partial charge in [0, 0.05) is 6.54 Å². The van der Waals surface area contributed by atoms with E-state index in [4.69, 9.17) is 0 Å². The molecule has 0 bridgehead atoms. The van der Waals surface area contributed by atoms with Gasteiger partial charge in [0.05, 0.1) is 6.10 Å². The van der Waals surface area contributed by atoms with Gasteiger partial charge in [0.25, 0.3) is 0 Å².